The van der Waals surface area contributed by atoms with Crippen LogP contribution in [0.5, 0.6) is 0 Å². The summed E-state index contributed by atoms with van der Waals surface area (Å²) in [6.07, 6.45) is 3.01. The average Bonchev–Trinajstić information content (AvgIpc) is 2.75. The molecule has 1 N–H and O–H groups in total. The lowest BCUT2D eigenvalue weighted by molar-refractivity contribution is 0.0690. The molecule has 1 aliphatic heterocycles. The minimum absolute atomic E-state index is 0.0422. The lowest BCUT2D eigenvalue weighted by Crippen LogP contribution is -2.38. The maximum atomic E-state index is 12.8. The van der Waals surface area contributed by atoms with Gasteiger partial charge < -0.3 is 9.64 Å². The van der Waals surface area contributed by atoms with Gasteiger partial charge in [0.2, 0.25) is 10.0 Å². The highest BCUT2D eigenvalue weighted by atomic mass is 32.2. The lowest BCUT2D eigenvalue weighted by Gasteiger charge is -2.32. The molecule has 0 aliphatic carbocycles. The van der Waals surface area contributed by atoms with E-state index >= 15 is 0 Å². The van der Waals surface area contributed by atoms with Crippen molar-refractivity contribution in [3.8, 4) is 0 Å². The van der Waals surface area contributed by atoms with Gasteiger partial charge in [-0.15, -0.1) is 0 Å². The Morgan fingerprint density at radius 2 is 1.72 bits per heavy atom. The van der Waals surface area contributed by atoms with Gasteiger partial charge >= 0.3 is 0 Å². The third-order valence-electron chi connectivity index (χ3n) is 5.28. The van der Waals surface area contributed by atoms with Gasteiger partial charge in [0.25, 0.3) is 5.91 Å². The molecule has 1 amide bonds. The highest BCUT2D eigenvalue weighted by molar-refractivity contribution is 7.89. The molecule has 1 saturated heterocycles. The van der Waals surface area contributed by atoms with Gasteiger partial charge in [0.15, 0.2) is 0 Å². The van der Waals surface area contributed by atoms with Crippen LogP contribution in [0.15, 0.2) is 59.5 Å². The third-order valence-corrected chi connectivity index (χ3v) is 6.76. The summed E-state index contributed by atoms with van der Waals surface area (Å²) in [7, 11) is -2.08. The zero-order chi connectivity index (χ0) is 20.7. The topological polar surface area (TPSA) is 75.7 Å². The molecule has 0 radical (unpaired) electrons. The van der Waals surface area contributed by atoms with E-state index in [0.717, 1.165) is 32.4 Å². The second-order valence-corrected chi connectivity index (χ2v) is 9.11. The molecule has 1 aliphatic rings. The van der Waals surface area contributed by atoms with E-state index < -0.39 is 10.0 Å². The SMILES string of the molecule is COCCNS(=O)(=O)c1ccc(C(=O)N2CCC(Cc3ccccc3)CC2)cc1. The van der Waals surface area contributed by atoms with E-state index in [4.69, 9.17) is 4.74 Å². The van der Waals surface area contributed by atoms with Crippen LogP contribution in [0.2, 0.25) is 0 Å². The number of nitrogens with zero attached hydrogens (tertiary/aromatic N) is 1. The Labute approximate surface area is 172 Å². The molecule has 0 aromatic heterocycles. The number of nitrogens with one attached hydrogen (secondary N) is 1. The predicted octanol–water partition coefficient (Wildman–Crippen LogP) is 2.71. The Balaban J connectivity index is 1.54. The first-order valence-electron chi connectivity index (χ1n) is 9.91. The average molecular weight is 417 g/mol. The van der Waals surface area contributed by atoms with Gasteiger partial charge in [-0.25, -0.2) is 13.1 Å². The summed E-state index contributed by atoms with van der Waals surface area (Å²) < 4.78 is 31.7. The van der Waals surface area contributed by atoms with Crippen LogP contribution in [-0.2, 0) is 21.2 Å². The molecule has 1 fully saturated rings. The van der Waals surface area contributed by atoms with Crippen molar-refractivity contribution in [1.82, 2.24) is 9.62 Å². The van der Waals surface area contributed by atoms with Crippen LogP contribution < -0.4 is 4.72 Å². The normalized spacial score (nSPS) is 15.4. The zero-order valence-electron chi connectivity index (χ0n) is 16.7. The molecule has 0 unspecified atom stereocenters. The molecule has 6 nitrogen and oxygen atoms in total. The first-order chi connectivity index (χ1) is 14.0. The molecule has 7 heteroatoms. The minimum Gasteiger partial charge on any atom is -0.383 e. The largest absolute Gasteiger partial charge is 0.383 e. The number of carbonyl (C=O) groups is 1. The minimum atomic E-state index is -3.59. The van der Waals surface area contributed by atoms with Crippen LogP contribution in [0, 0.1) is 5.92 Å². The number of amides is 1. The van der Waals surface area contributed by atoms with E-state index in [9.17, 15) is 13.2 Å². The predicted molar refractivity (Wildman–Crippen MR) is 112 cm³/mol. The summed E-state index contributed by atoms with van der Waals surface area (Å²) in [4.78, 5) is 14.8. The Morgan fingerprint density at radius 1 is 1.07 bits per heavy atom. The Morgan fingerprint density at radius 3 is 2.34 bits per heavy atom. The fraction of sp³-hybridized carbons (Fsp3) is 0.409. The molecule has 1 heterocycles. The molecular formula is C22H28N2O4S. The van der Waals surface area contributed by atoms with Gasteiger partial charge in [-0.2, -0.15) is 0 Å². The molecule has 0 atom stereocenters. The number of hydrogen-bond acceptors (Lipinski definition) is 4. The first-order valence-corrected chi connectivity index (χ1v) is 11.4. The smallest absolute Gasteiger partial charge is 0.253 e. The van der Waals surface area contributed by atoms with E-state index in [-0.39, 0.29) is 17.3 Å². The number of rotatable bonds is 8. The number of piperidine rings is 1. The molecule has 0 spiro atoms. The second-order valence-electron chi connectivity index (χ2n) is 7.34. The van der Waals surface area contributed by atoms with Crippen molar-refractivity contribution in [2.75, 3.05) is 33.4 Å². The van der Waals surface area contributed by atoms with Crippen molar-refractivity contribution >= 4 is 15.9 Å². The highest BCUT2D eigenvalue weighted by Gasteiger charge is 2.24. The number of sulfonamides is 1. The maximum absolute atomic E-state index is 12.8. The van der Waals surface area contributed by atoms with Gasteiger partial charge in [-0.1, -0.05) is 30.3 Å². The summed E-state index contributed by atoms with van der Waals surface area (Å²) in [6, 6.07) is 16.6. The molecule has 29 heavy (non-hydrogen) atoms. The van der Waals surface area contributed by atoms with Crippen molar-refractivity contribution in [3.05, 3.63) is 65.7 Å². The van der Waals surface area contributed by atoms with Crippen LogP contribution in [0.3, 0.4) is 0 Å². The standard InChI is InChI=1S/C22H28N2O4S/c1-28-16-13-23-29(26,27)21-9-7-20(8-10-21)22(25)24-14-11-19(12-15-24)17-18-5-3-2-4-6-18/h2-10,19,23H,11-17H2,1H3. The van der Waals surface area contributed by atoms with Crippen LogP contribution in [0.1, 0.15) is 28.8 Å². The molecule has 0 saturated carbocycles. The Bertz CT molecular complexity index is 890. The molecule has 0 bridgehead atoms. The quantitative estimate of drug-likeness (QED) is 0.672. The number of likely N-dealkylation sites (tertiary alicyclic amines) is 1. The maximum Gasteiger partial charge on any atom is 0.253 e. The fourth-order valence-corrected chi connectivity index (χ4v) is 4.62. The molecular weight excluding hydrogens is 388 g/mol. The zero-order valence-corrected chi connectivity index (χ0v) is 17.5. The van der Waals surface area contributed by atoms with Crippen molar-refractivity contribution in [3.63, 3.8) is 0 Å². The summed E-state index contributed by atoms with van der Waals surface area (Å²) in [5.41, 5.74) is 1.86. The van der Waals surface area contributed by atoms with Gasteiger partial charge in [0, 0.05) is 32.3 Å². The number of ether oxygens (including phenoxy) is 1. The van der Waals surface area contributed by atoms with Crippen LogP contribution >= 0.6 is 0 Å². The lowest BCUT2D eigenvalue weighted by atomic mass is 9.90. The van der Waals surface area contributed by atoms with E-state index in [2.05, 4.69) is 29.0 Å². The first kappa shape index (κ1) is 21.5. The molecule has 3 rings (SSSR count). The Hall–Kier alpha value is -2.22. The third kappa shape index (κ3) is 5.88. The van der Waals surface area contributed by atoms with Gasteiger partial charge in [0.05, 0.1) is 11.5 Å². The second kappa shape index (κ2) is 10.0. The molecule has 156 valence electrons. The van der Waals surface area contributed by atoms with Crippen molar-refractivity contribution < 1.29 is 17.9 Å². The van der Waals surface area contributed by atoms with E-state index in [1.54, 1.807) is 12.1 Å². The number of hydrogen-bond donors (Lipinski definition) is 1. The van der Waals surface area contributed by atoms with Crippen LogP contribution in [0.25, 0.3) is 0 Å². The van der Waals surface area contributed by atoms with Gasteiger partial charge in [-0.05, 0) is 55.0 Å². The summed E-state index contributed by atoms with van der Waals surface area (Å²) in [5, 5.41) is 0. The Kier molecular flexibility index (Phi) is 7.41. The van der Waals surface area contributed by atoms with E-state index in [0.29, 0.717) is 18.1 Å². The summed E-state index contributed by atoms with van der Waals surface area (Å²) in [5.74, 6) is 0.548. The molecule has 2 aromatic carbocycles. The molecule has 2 aromatic rings. The van der Waals surface area contributed by atoms with Crippen molar-refractivity contribution in [2.45, 2.75) is 24.2 Å². The van der Waals surface area contributed by atoms with Crippen molar-refractivity contribution in [1.29, 1.82) is 0 Å². The number of benzene rings is 2. The highest BCUT2D eigenvalue weighted by Crippen LogP contribution is 2.23. The van der Waals surface area contributed by atoms with E-state index in [1.165, 1.54) is 24.8 Å². The number of methoxy groups -OCH3 is 1. The van der Waals surface area contributed by atoms with Gasteiger partial charge in [-0.3, -0.25) is 4.79 Å². The van der Waals surface area contributed by atoms with Crippen LogP contribution in [-0.4, -0.2) is 52.6 Å². The number of carbonyl (C=O) groups excluding carboxylic acids is 1. The summed E-state index contributed by atoms with van der Waals surface area (Å²) >= 11 is 0. The van der Waals surface area contributed by atoms with Crippen LogP contribution in [0.4, 0.5) is 0 Å². The monoisotopic (exact) mass is 416 g/mol. The van der Waals surface area contributed by atoms with E-state index in [1.807, 2.05) is 11.0 Å². The fourth-order valence-electron chi connectivity index (χ4n) is 3.61. The van der Waals surface area contributed by atoms with Gasteiger partial charge in [0.1, 0.15) is 0 Å². The summed E-state index contributed by atoms with van der Waals surface area (Å²) in [6.45, 7) is 1.97. The van der Waals surface area contributed by atoms with Crippen molar-refractivity contribution in [2.24, 2.45) is 5.92 Å².